The molecule has 0 aliphatic heterocycles. The SMILES string of the molecule is CCOC(=O)c1c(-c2ccccc2)csc1NC(=O)c1ccc(C)o1. The van der Waals surface area contributed by atoms with E-state index in [0.29, 0.717) is 16.3 Å². The summed E-state index contributed by atoms with van der Waals surface area (Å²) >= 11 is 1.28. The van der Waals surface area contributed by atoms with Crippen LogP contribution in [0.4, 0.5) is 5.00 Å². The van der Waals surface area contributed by atoms with Gasteiger partial charge >= 0.3 is 5.97 Å². The number of esters is 1. The third kappa shape index (κ3) is 3.64. The summed E-state index contributed by atoms with van der Waals surface area (Å²) in [7, 11) is 0. The van der Waals surface area contributed by atoms with Crippen molar-refractivity contribution < 1.29 is 18.7 Å². The van der Waals surface area contributed by atoms with Gasteiger partial charge in [0.1, 0.15) is 16.3 Å². The number of nitrogens with one attached hydrogen (secondary N) is 1. The molecule has 1 N–H and O–H groups in total. The summed E-state index contributed by atoms with van der Waals surface area (Å²) < 4.78 is 10.5. The first-order valence-corrected chi connectivity index (χ1v) is 8.70. The summed E-state index contributed by atoms with van der Waals surface area (Å²) in [6.45, 7) is 3.77. The highest BCUT2D eigenvalue weighted by molar-refractivity contribution is 7.15. The molecule has 0 unspecified atom stereocenters. The van der Waals surface area contributed by atoms with Gasteiger partial charge in [-0.25, -0.2) is 4.79 Å². The quantitative estimate of drug-likeness (QED) is 0.671. The molecule has 0 saturated carbocycles. The maximum absolute atomic E-state index is 12.5. The van der Waals surface area contributed by atoms with Crippen molar-refractivity contribution in [2.45, 2.75) is 13.8 Å². The fourth-order valence-electron chi connectivity index (χ4n) is 2.41. The van der Waals surface area contributed by atoms with E-state index in [0.717, 1.165) is 11.1 Å². The zero-order valence-corrected chi connectivity index (χ0v) is 14.7. The molecule has 1 aromatic carbocycles. The predicted octanol–water partition coefficient (Wildman–Crippen LogP) is 4.75. The van der Waals surface area contributed by atoms with Gasteiger partial charge in [0.2, 0.25) is 0 Å². The second-order valence-corrected chi connectivity index (χ2v) is 6.18. The van der Waals surface area contributed by atoms with Gasteiger partial charge in [0.05, 0.1) is 6.61 Å². The highest BCUT2D eigenvalue weighted by Crippen LogP contribution is 2.36. The number of ether oxygens (including phenoxy) is 1. The molecule has 2 heterocycles. The number of benzene rings is 1. The van der Waals surface area contributed by atoms with E-state index in [1.165, 1.54) is 11.3 Å². The van der Waals surface area contributed by atoms with Gasteiger partial charge in [-0.1, -0.05) is 30.3 Å². The summed E-state index contributed by atoms with van der Waals surface area (Å²) in [5, 5.41) is 5.03. The Morgan fingerprint density at radius 1 is 1.16 bits per heavy atom. The summed E-state index contributed by atoms with van der Waals surface area (Å²) in [5.74, 6) is -0.0254. The minimum atomic E-state index is -0.464. The molecule has 0 saturated heterocycles. The Labute approximate surface area is 149 Å². The van der Waals surface area contributed by atoms with Gasteiger partial charge in [0, 0.05) is 10.9 Å². The van der Waals surface area contributed by atoms with Gasteiger partial charge < -0.3 is 14.5 Å². The molecule has 5 nitrogen and oxygen atoms in total. The highest BCUT2D eigenvalue weighted by Gasteiger charge is 2.23. The Morgan fingerprint density at radius 2 is 1.92 bits per heavy atom. The molecule has 3 aromatic rings. The number of amides is 1. The number of anilines is 1. The number of carbonyl (C=O) groups excluding carboxylic acids is 2. The predicted molar refractivity (Wildman–Crippen MR) is 97.1 cm³/mol. The zero-order chi connectivity index (χ0) is 17.8. The summed E-state index contributed by atoms with van der Waals surface area (Å²) in [6.07, 6.45) is 0. The molecule has 25 heavy (non-hydrogen) atoms. The third-order valence-corrected chi connectivity index (χ3v) is 4.44. The van der Waals surface area contributed by atoms with Crippen LogP contribution in [-0.4, -0.2) is 18.5 Å². The van der Waals surface area contributed by atoms with Crippen LogP contribution in [-0.2, 0) is 4.74 Å². The van der Waals surface area contributed by atoms with E-state index in [1.807, 2.05) is 35.7 Å². The molecule has 2 aromatic heterocycles. The molecule has 0 spiro atoms. The summed E-state index contributed by atoms with van der Waals surface area (Å²) in [4.78, 5) is 24.8. The first kappa shape index (κ1) is 17.0. The molecule has 0 atom stereocenters. The second kappa shape index (κ2) is 7.36. The van der Waals surface area contributed by atoms with Crippen molar-refractivity contribution >= 4 is 28.2 Å². The first-order chi connectivity index (χ1) is 12.1. The lowest BCUT2D eigenvalue weighted by atomic mass is 10.0. The van der Waals surface area contributed by atoms with Crippen molar-refractivity contribution in [1.29, 1.82) is 0 Å². The first-order valence-electron chi connectivity index (χ1n) is 7.82. The molecule has 0 radical (unpaired) electrons. The number of thiophene rings is 1. The van der Waals surface area contributed by atoms with Gasteiger partial charge in [-0.2, -0.15) is 0 Å². The zero-order valence-electron chi connectivity index (χ0n) is 13.9. The molecule has 6 heteroatoms. The number of carbonyl (C=O) groups is 2. The van der Waals surface area contributed by atoms with Crippen LogP contribution < -0.4 is 5.32 Å². The Bertz CT molecular complexity index is 895. The smallest absolute Gasteiger partial charge is 0.341 e. The minimum Gasteiger partial charge on any atom is -0.462 e. The number of hydrogen-bond donors (Lipinski definition) is 1. The molecule has 0 aliphatic rings. The second-order valence-electron chi connectivity index (χ2n) is 5.30. The van der Waals surface area contributed by atoms with E-state index in [1.54, 1.807) is 26.0 Å². The van der Waals surface area contributed by atoms with Crippen LogP contribution in [0.2, 0.25) is 0 Å². The Hall–Kier alpha value is -2.86. The van der Waals surface area contributed by atoms with Crippen LogP contribution in [0.25, 0.3) is 11.1 Å². The fourth-order valence-corrected chi connectivity index (χ4v) is 3.36. The molecule has 1 amide bonds. The molecule has 0 aliphatic carbocycles. The molecular formula is C19H17NO4S. The molecular weight excluding hydrogens is 338 g/mol. The lowest BCUT2D eigenvalue weighted by molar-refractivity contribution is 0.0529. The van der Waals surface area contributed by atoms with Crippen LogP contribution in [0, 0.1) is 6.92 Å². The Kier molecular flexibility index (Phi) is 5.00. The van der Waals surface area contributed by atoms with E-state index in [-0.39, 0.29) is 12.4 Å². The number of furan rings is 1. The average molecular weight is 355 g/mol. The molecule has 128 valence electrons. The highest BCUT2D eigenvalue weighted by atomic mass is 32.1. The van der Waals surface area contributed by atoms with Crippen LogP contribution in [0.3, 0.4) is 0 Å². The monoisotopic (exact) mass is 355 g/mol. The number of hydrogen-bond acceptors (Lipinski definition) is 5. The number of aryl methyl sites for hydroxylation is 1. The molecule has 3 rings (SSSR count). The van der Waals surface area contributed by atoms with Crippen molar-refractivity contribution in [3.05, 3.63) is 64.9 Å². The fraction of sp³-hybridized carbons (Fsp3) is 0.158. The van der Waals surface area contributed by atoms with Gasteiger partial charge in [0.15, 0.2) is 5.76 Å². The van der Waals surface area contributed by atoms with E-state index < -0.39 is 11.9 Å². The summed E-state index contributed by atoms with van der Waals surface area (Å²) in [5.41, 5.74) is 1.97. The van der Waals surface area contributed by atoms with Crippen molar-refractivity contribution in [2.75, 3.05) is 11.9 Å². The van der Waals surface area contributed by atoms with Crippen molar-refractivity contribution in [2.24, 2.45) is 0 Å². The van der Waals surface area contributed by atoms with E-state index >= 15 is 0 Å². The lowest BCUT2D eigenvalue weighted by Gasteiger charge is -2.08. The molecule has 0 bridgehead atoms. The topological polar surface area (TPSA) is 68.5 Å². The molecule has 0 fully saturated rings. The standard InChI is InChI=1S/C19H17NO4S/c1-3-23-19(22)16-14(13-7-5-4-6-8-13)11-25-18(16)20-17(21)15-10-9-12(2)24-15/h4-11H,3H2,1-2H3,(H,20,21). The van der Waals surface area contributed by atoms with Crippen LogP contribution in [0.1, 0.15) is 33.6 Å². The summed E-state index contributed by atoms with van der Waals surface area (Å²) in [6, 6.07) is 12.8. The van der Waals surface area contributed by atoms with Gasteiger partial charge in [-0.05, 0) is 31.5 Å². The van der Waals surface area contributed by atoms with Crippen LogP contribution in [0.15, 0.2) is 52.3 Å². The third-order valence-electron chi connectivity index (χ3n) is 3.55. The Balaban J connectivity index is 1.97. The maximum atomic E-state index is 12.5. The van der Waals surface area contributed by atoms with Crippen LogP contribution >= 0.6 is 11.3 Å². The Morgan fingerprint density at radius 3 is 2.56 bits per heavy atom. The van der Waals surface area contributed by atoms with Gasteiger partial charge in [-0.15, -0.1) is 11.3 Å². The largest absolute Gasteiger partial charge is 0.462 e. The van der Waals surface area contributed by atoms with Gasteiger partial charge in [-0.3, -0.25) is 4.79 Å². The number of rotatable bonds is 5. The van der Waals surface area contributed by atoms with E-state index in [9.17, 15) is 9.59 Å². The van der Waals surface area contributed by atoms with Crippen molar-refractivity contribution in [3.8, 4) is 11.1 Å². The normalized spacial score (nSPS) is 10.5. The maximum Gasteiger partial charge on any atom is 0.341 e. The lowest BCUT2D eigenvalue weighted by Crippen LogP contribution is -2.14. The van der Waals surface area contributed by atoms with Crippen molar-refractivity contribution in [3.63, 3.8) is 0 Å². The van der Waals surface area contributed by atoms with Crippen molar-refractivity contribution in [1.82, 2.24) is 0 Å². The van der Waals surface area contributed by atoms with E-state index in [4.69, 9.17) is 9.15 Å². The average Bonchev–Trinajstić information content (AvgIpc) is 3.22. The van der Waals surface area contributed by atoms with Gasteiger partial charge in [0.25, 0.3) is 5.91 Å². The van der Waals surface area contributed by atoms with E-state index in [2.05, 4.69) is 5.32 Å². The van der Waals surface area contributed by atoms with Crippen LogP contribution in [0.5, 0.6) is 0 Å². The minimum absolute atomic E-state index is 0.196.